The third kappa shape index (κ3) is 5.47. The number of rotatable bonds is 5. The van der Waals surface area contributed by atoms with E-state index in [-0.39, 0.29) is 0 Å². The van der Waals surface area contributed by atoms with Crippen molar-refractivity contribution in [2.45, 2.75) is 0 Å². The van der Waals surface area contributed by atoms with Gasteiger partial charge in [-0.3, -0.25) is 0 Å². The molecule has 0 aliphatic rings. The molecular weight excluding hydrogens is 721 g/mol. The molecule has 0 N–H and O–H groups in total. The Bertz CT molecular complexity index is 3580. The van der Waals surface area contributed by atoms with Crippen LogP contribution in [0.4, 0.5) is 0 Å². The van der Waals surface area contributed by atoms with Crippen molar-refractivity contribution in [3.05, 3.63) is 194 Å². The summed E-state index contributed by atoms with van der Waals surface area (Å²) in [6.45, 7) is 0. The summed E-state index contributed by atoms with van der Waals surface area (Å²) in [7, 11) is 0. The van der Waals surface area contributed by atoms with Gasteiger partial charge in [-0.25, -0.2) is 19.9 Å². The predicted octanol–water partition coefficient (Wildman–Crippen LogP) is 14.1. The fourth-order valence-corrected chi connectivity index (χ4v) is 8.66. The van der Waals surface area contributed by atoms with Crippen LogP contribution in [-0.4, -0.2) is 19.9 Å². The lowest BCUT2D eigenvalue weighted by Crippen LogP contribution is -2.00. The van der Waals surface area contributed by atoms with E-state index in [1.165, 1.54) is 32.3 Å². The first-order chi connectivity index (χ1) is 29.2. The standard InChI is InChI=1S/C54H32N4O/c1-2-13-34(14-3-1)52-56-53(58-54(57-52)38-29-30-43-41-19-5-4-17-39(41)40-18-6-7-20-42(40)47(43)32-38)35-27-25-33(26-28-35)36-15-12-16-37(31-36)49-44-21-8-9-22-45(44)51-50(55-49)46-23-10-11-24-48(46)59-51/h1-32H. The smallest absolute Gasteiger partial charge is 0.164 e. The second-order valence-electron chi connectivity index (χ2n) is 15.0. The van der Waals surface area contributed by atoms with E-state index in [1.54, 1.807) is 0 Å². The summed E-state index contributed by atoms with van der Waals surface area (Å²) in [6, 6.07) is 67.6. The molecule has 5 heteroatoms. The van der Waals surface area contributed by atoms with Crippen LogP contribution in [0.25, 0.3) is 122 Å². The molecular formula is C54H32N4O. The SMILES string of the molecule is c1ccc(-c2nc(-c3ccc(-c4cccc(-c5nc6c7ccccc7oc6c6ccccc56)c4)cc3)nc(-c3ccc4c5ccccc5c5ccccc5c4c3)n2)cc1. The van der Waals surface area contributed by atoms with Gasteiger partial charge in [0.25, 0.3) is 0 Å². The second-order valence-corrected chi connectivity index (χ2v) is 15.0. The topological polar surface area (TPSA) is 64.7 Å². The summed E-state index contributed by atoms with van der Waals surface area (Å²) in [5, 5.41) is 10.4. The van der Waals surface area contributed by atoms with Crippen LogP contribution in [0.1, 0.15) is 0 Å². The number of hydrogen-bond acceptors (Lipinski definition) is 5. The first-order valence-electron chi connectivity index (χ1n) is 19.8. The van der Waals surface area contributed by atoms with Crippen molar-refractivity contribution >= 4 is 65.2 Å². The maximum absolute atomic E-state index is 6.33. The van der Waals surface area contributed by atoms with Crippen molar-refractivity contribution in [3.8, 4) is 56.5 Å². The van der Waals surface area contributed by atoms with Gasteiger partial charge in [0, 0.05) is 38.4 Å². The molecule has 0 saturated carbocycles. The molecule has 3 heterocycles. The summed E-state index contributed by atoms with van der Waals surface area (Å²) in [5.41, 5.74) is 9.47. The van der Waals surface area contributed by atoms with E-state index in [9.17, 15) is 0 Å². The molecule has 0 radical (unpaired) electrons. The van der Waals surface area contributed by atoms with Crippen molar-refractivity contribution < 1.29 is 4.42 Å². The quantitative estimate of drug-likeness (QED) is 0.164. The molecule has 9 aromatic carbocycles. The molecule has 0 spiro atoms. The fraction of sp³-hybridized carbons (Fsp3) is 0. The number of benzene rings is 9. The fourth-order valence-electron chi connectivity index (χ4n) is 8.66. The highest BCUT2D eigenvalue weighted by Gasteiger charge is 2.18. The molecule has 12 aromatic rings. The molecule has 3 aromatic heterocycles. The highest BCUT2D eigenvalue weighted by Crippen LogP contribution is 2.40. The molecule has 0 unspecified atom stereocenters. The van der Waals surface area contributed by atoms with Gasteiger partial charge >= 0.3 is 0 Å². The molecule has 0 saturated heterocycles. The number of furan rings is 1. The third-order valence-corrected chi connectivity index (χ3v) is 11.5. The first kappa shape index (κ1) is 33.2. The lowest BCUT2D eigenvalue weighted by atomic mass is 9.93. The van der Waals surface area contributed by atoms with Crippen molar-refractivity contribution in [1.82, 2.24) is 19.9 Å². The Morgan fingerprint density at radius 1 is 0.271 bits per heavy atom. The summed E-state index contributed by atoms with van der Waals surface area (Å²) >= 11 is 0. The summed E-state index contributed by atoms with van der Waals surface area (Å²) in [6.07, 6.45) is 0. The Kier molecular flexibility index (Phi) is 7.47. The minimum atomic E-state index is 0.619. The van der Waals surface area contributed by atoms with Crippen molar-refractivity contribution in [2.75, 3.05) is 0 Å². The van der Waals surface area contributed by atoms with Gasteiger partial charge in [-0.2, -0.15) is 0 Å². The minimum Gasteiger partial charge on any atom is -0.454 e. The number of aromatic nitrogens is 4. The molecule has 12 rings (SSSR count). The molecule has 0 amide bonds. The van der Waals surface area contributed by atoms with E-state index in [0.717, 1.165) is 71.9 Å². The number of nitrogens with zero attached hydrogens (tertiary/aromatic N) is 4. The van der Waals surface area contributed by atoms with E-state index in [0.29, 0.717) is 17.5 Å². The Morgan fingerprint density at radius 3 is 1.44 bits per heavy atom. The lowest BCUT2D eigenvalue weighted by Gasteiger charge is -2.13. The Morgan fingerprint density at radius 2 is 0.746 bits per heavy atom. The van der Waals surface area contributed by atoms with Crippen LogP contribution in [0, 0.1) is 0 Å². The molecule has 274 valence electrons. The second kappa shape index (κ2) is 13.3. The summed E-state index contributed by atoms with van der Waals surface area (Å²) in [4.78, 5) is 20.5. The maximum Gasteiger partial charge on any atom is 0.164 e. The molecule has 0 bridgehead atoms. The third-order valence-electron chi connectivity index (χ3n) is 11.5. The van der Waals surface area contributed by atoms with Crippen LogP contribution in [0.15, 0.2) is 199 Å². The van der Waals surface area contributed by atoms with E-state index in [4.69, 9.17) is 24.4 Å². The Balaban J connectivity index is 0.957. The monoisotopic (exact) mass is 752 g/mol. The maximum atomic E-state index is 6.33. The summed E-state index contributed by atoms with van der Waals surface area (Å²) in [5.74, 6) is 1.88. The number of para-hydroxylation sites is 1. The average Bonchev–Trinajstić information content (AvgIpc) is 3.70. The molecule has 0 atom stereocenters. The van der Waals surface area contributed by atoms with Gasteiger partial charge in [0.1, 0.15) is 11.1 Å². The Labute approximate surface area is 338 Å². The lowest BCUT2D eigenvalue weighted by molar-refractivity contribution is 0.672. The molecule has 0 aliphatic carbocycles. The molecule has 0 aliphatic heterocycles. The van der Waals surface area contributed by atoms with E-state index in [2.05, 4.69) is 146 Å². The van der Waals surface area contributed by atoms with Crippen LogP contribution in [-0.2, 0) is 0 Å². The zero-order valence-corrected chi connectivity index (χ0v) is 31.7. The van der Waals surface area contributed by atoms with Crippen LogP contribution in [0.5, 0.6) is 0 Å². The average molecular weight is 753 g/mol. The van der Waals surface area contributed by atoms with Crippen LogP contribution < -0.4 is 0 Å². The van der Waals surface area contributed by atoms with E-state index >= 15 is 0 Å². The largest absolute Gasteiger partial charge is 0.454 e. The molecule has 0 fully saturated rings. The van der Waals surface area contributed by atoms with Gasteiger partial charge in [-0.15, -0.1) is 0 Å². The minimum absolute atomic E-state index is 0.619. The van der Waals surface area contributed by atoms with Crippen LogP contribution in [0.2, 0.25) is 0 Å². The predicted molar refractivity (Wildman–Crippen MR) is 242 cm³/mol. The highest BCUT2D eigenvalue weighted by atomic mass is 16.3. The Hall–Kier alpha value is -8.02. The van der Waals surface area contributed by atoms with Gasteiger partial charge in [0.15, 0.2) is 23.1 Å². The van der Waals surface area contributed by atoms with Crippen molar-refractivity contribution in [1.29, 1.82) is 0 Å². The normalized spacial score (nSPS) is 11.7. The number of hydrogen-bond donors (Lipinski definition) is 0. The number of fused-ring (bicyclic) bond motifs is 11. The van der Waals surface area contributed by atoms with Crippen molar-refractivity contribution in [3.63, 3.8) is 0 Å². The molecule has 59 heavy (non-hydrogen) atoms. The van der Waals surface area contributed by atoms with E-state index < -0.39 is 0 Å². The zero-order valence-electron chi connectivity index (χ0n) is 31.7. The number of pyridine rings is 1. The van der Waals surface area contributed by atoms with Crippen LogP contribution in [0.3, 0.4) is 0 Å². The highest BCUT2D eigenvalue weighted by molar-refractivity contribution is 6.25. The van der Waals surface area contributed by atoms with Crippen molar-refractivity contribution in [2.24, 2.45) is 0 Å². The van der Waals surface area contributed by atoms with Gasteiger partial charge in [0.05, 0.1) is 5.69 Å². The van der Waals surface area contributed by atoms with E-state index in [1.807, 2.05) is 48.5 Å². The van der Waals surface area contributed by atoms with Gasteiger partial charge < -0.3 is 4.42 Å². The first-order valence-corrected chi connectivity index (χ1v) is 19.8. The van der Waals surface area contributed by atoms with Gasteiger partial charge in [-0.1, -0.05) is 170 Å². The zero-order chi connectivity index (χ0) is 38.9. The molecule has 5 nitrogen and oxygen atoms in total. The summed E-state index contributed by atoms with van der Waals surface area (Å²) < 4.78 is 6.33. The van der Waals surface area contributed by atoms with Gasteiger partial charge in [0.2, 0.25) is 0 Å². The van der Waals surface area contributed by atoms with Crippen LogP contribution >= 0.6 is 0 Å². The van der Waals surface area contributed by atoms with Gasteiger partial charge in [-0.05, 0) is 67.7 Å².